The Morgan fingerprint density at radius 3 is 2.69 bits per heavy atom. The molecule has 1 atom stereocenters. The Balaban J connectivity index is 2.29. The van der Waals surface area contributed by atoms with Crippen LogP contribution in [0.1, 0.15) is 18.1 Å². The molecule has 0 radical (unpaired) electrons. The summed E-state index contributed by atoms with van der Waals surface area (Å²) in [5, 5.41) is 0. The summed E-state index contributed by atoms with van der Waals surface area (Å²) in [4.78, 5) is 15.2. The van der Waals surface area contributed by atoms with Gasteiger partial charge in [-0.15, -0.1) is 0 Å². The molecule has 1 aliphatic rings. The molecule has 0 amide bonds. The number of aldehydes is 1. The molecule has 0 aromatic heterocycles. The van der Waals surface area contributed by atoms with Crippen molar-refractivity contribution >= 4 is 6.29 Å². The summed E-state index contributed by atoms with van der Waals surface area (Å²) < 4.78 is 26.7. The highest BCUT2D eigenvalue weighted by Crippen LogP contribution is 2.28. The van der Waals surface area contributed by atoms with Gasteiger partial charge in [-0.2, -0.15) is 0 Å². The summed E-state index contributed by atoms with van der Waals surface area (Å²) in [5.74, 6) is -1.34. The minimum atomic E-state index is -0.837. The topological polar surface area (TPSA) is 38.3 Å². The molecule has 0 aliphatic carbocycles. The summed E-state index contributed by atoms with van der Waals surface area (Å²) in [6.45, 7) is 0. The van der Waals surface area contributed by atoms with Crippen molar-refractivity contribution in [2.24, 2.45) is 0 Å². The largest absolute Gasteiger partial charge is 0.303 e. The number of allylic oxidation sites excluding steroid dienone is 1. The molecule has 0 saturated heterocycles. The second-order valence-corrected chi connectivity index (χ2v) is 3.34. The van der Waals surface area contributed by atoms with Crippen molar-refractivity contribution in [3.63, 3.8) is 0 Å². The first-order valence-corrected chi connectivity index (χ1v) is 4.72. The van der Waals surface area contributed by atoms with E-state index < -0.39 is 17.7 Å². The fraction of sp³-hybridized carbons (Fsp3) is 0.182. The normalized spacial score (nSPS) is 19.1. The van der Waals surface area contributed by atoms with E-state index in [-0.39, 0.29) is 12.0 Å². The first-order chi connectivity index (χ1) is 7.72. The summed E-state index contributed by atoms with van der Waals surface area (Å²) in [5.41, 5.74) is 2.80. The van der Waals surface area contributed by atoms with Gasteiger partial charge in [0.2, 0.25) is 0 Å². The molecule has 1 heterocycles. The van der Waals surface area contributed by atoms with Crippen molar-refractivity contribution in [3.05, 3.63) is 47.2 Å². The van der Waals surface area contributed by atoms with Gasteiger partial charge < -0.3 is 4.79 Å². The van der Waals surface area contributed by atoms with Gasteiger partial charge in [-0.3, -0.25) is 10.3 Å². The number of hydrogen-bond donors (Lipinski definition) is 1. The number of carbonyl (C=O) groups is 1. The number of halogens is 2. The number of rotatable bonds is 3. The van der Waals surface area contributed by atoms with Crippen molar-refractivity contribution in [2.45, 2.75) is 12.5 Å². The zero-order valence-corrected chi connectivity index (χ0v) is 8.24. The third-order valence-corrected chi connectivity index (χ3v) is 2.26. The molecule has 2 rings (SSSR count). The van der Waals surface area contributed by atoms with E-state index in [4.69, 9.17) is 4.84 Å². The van der Waals surface area contributed by atoms with Crippen LogP contribution in [0.4, 0.5) is 8.78 Å². The molecule has 16 heavy (non-hydrogen) atoms. The molecule has 0 fully saturated rings. The van der Waals surface area contributed by atoms with Gasteiger partial charge in [-0.1, -0.05) is 6.07 Å². The van der Waals surface area contributed by atoms with Crippen LogP contribution in [0.5, 0.6) is 0 Å². The maximum atomic E-state index is 13.4. The zero-order valence-electron chi connectivity index (χ0n) is 8.24. The van der Waals surface area contributed by atoms with Gasteiger partial charge in [0.1, 0.15) is 24.0 Å². The Hall–Kier alpha value is -1.75. The highest BCUT2D eigenvalue weighted by atomic mass is 19.1. The van der Waals surface area contributed by atoms with Gasteiger partial charge >= 0.3 is 0 Å². The standard InChI is InChI=1S/C11H9F2NO2/c12-8-2-1-3-9(13)11(8)10-6-7(4-5-15)14-16-10/h1-3,5-6,10,14H,4H2. The maximum Gasteiger partial charge on any atom is 0.136 e. The molecule has 1 unspecified atom stereocenters. The Labute approximate surface area is 90.7 Å². The quantitative estimate of drug-likeness (QED) is 0.800. The Bertz CT molecular complexity index is 425. The van der Waals surface area contributed by atoms with Crippen LogP contribution >= 0.6 is 0 Å². The second kappa shape index (κ2) is 4.40. The Morgan fingerprint density at radius 1 is 1.38 bits per heavy atom. The van der Waals surface area contributed by atoms with Crippen LogP contribution in [0.3, 0.4) is 0 Å². The van der Waals surface area contributed by atoms with Crippen molar-refractivity contribution < 1.29 is 18.4 Å². The highest BCUT2D eigenvalue weighted by molar-refractivity contribution is 5.54. The van der Waals surface area contributed by atoms with Crippen LogP contribution in [0.2, 0.25) is 0 Å². The molecule has 0 bridgehead atoms. The van der Waals surface area contributed by atoms with Crippen molar-refractivity contribution in [1.82, 2.24) is 5.48 Å². The monoisotopic (exact) mass is 225 g/mol. The van der Waals surface area contributed by atoms with Crippen LogP contribution in [-0.4, -0.2) is 6.29 Å². The minimum Gasteiger partial charge on any atom is -0.303 e. The van der Waals surface area contributed by atoms with E-state index in [1.165, 1.54) is 12.1 Å². The lowest BCUT2D eigenvalue weighted by Crippen LogP contribution is -2.10. The predicted molar refractivity (Wildman–Crippen MR) is 52.1 cm³/mol. The molecule has 1 aromatic rings. The lowest BCUT2D eigenvalue weighted by Gasteiger charge is -2.09. The van der Waals surface area contributed by atoms with Gasteiger partial charge in [0.15, 0.2) is 0 Å². The first-order valence-electron chi connectivity index (χ1n) is 4.72. The van der Waals surface area contributed by atoms with Crippen molar-refractivity contribution in [3.8, 4) is 0 Å². The van der Waals surface area contributed by atoms with Gasteiger partial charge in [0.25, 0.3) is 0 Å². The van der Waals surface area contributed by atoms with E-state index in [0.717, 1.165) is 12.1 Å². The molecule has 0 saturated carbocycles. The average Bonchev–Trinajstić information content (AvgIpc) is 2.67. The molecular weight excluding hydrogens is 216 g/mol. The van der Waals surface area contributed by atoms with Gasteiger partial charge in [-0.05, 0) is 18.2 Å². The fourth-order valence-corrected chi connectivity index (χ4v) is 1.51. The predicted octanol–water partition coefficient (Wildman–Crippen LogP) is 2.01. The molecule has 5 heteroatoms. The highest BCUT2D eigenvalue weighted by Gasteiger charge is 2.24. The summed E-state index contributed by atoms with van der Waals surface area (Å²) in [7, 11) is 0. The molecule has 1 aromatic carbocycles. The summed E-state index contributed by atoms with van der Waals surface area (Å²) >= 11 is 0. The number of carbonyl (C=O) groups excluding carboxylic acids is 1. The second-order valence-electron chi connectivity index (χ2n) is 3.34. The van der Waals surface area contributed by atoms with Gasteiger partial charge in [0, 0.05) is 12.1 Å². The van der Waals surface area contributed by atoms with Crippen LogP contribution in [0.15, 0.2) is 30.0 Å². The average molecular weight is 225 g/mol. The fourth-order valence-electron chi connectivity index (χ4n) is 1.51. The van der Waals surface area contributed by atoms with Crippen LogP contribution < -0.4 is 5.48 Å². The number of hydroxylamine groups is 1. The molecule has 3 nitrogen and oxygen atoms in total. The minimum absolute atomic E-state index is 0.132. The lowest BCUT2D eigenvalue weighted by molar-refractivity contribution is -0.107. The number of benzene rings is 1. The van der Waals surface area contributed by atoms with Crippen LogP contribution in [0, 0.1) is 11.6 Å². The summed E-state index contributed by atoms with van der Waals surface area (Å²) in [6, 6.07) is 3.60. The first kappa shape index (κ1) is 10.8. The summed E-state index contributed by atoms with van der Waals surface area (Å²) in [6.07, 6.45) is 1.46. The smallest absolute Gasteiger partial charge is 0.136 e. The number of hydrogen-bond acceptors (Lipinski definition) is 3. The number of nitrogens with one attached hydrogen (secondary N) is 1. The SMILES string of the molecule is O=CCC1=CC(c2c(F)cccc2F)ON1. The molecular formula is C11H9F2NO2. The molecule has 1 N–H and O–H groups in total. The molecule has 0 spiro atoms. The Morgan fingerprint density at radius 2 is 2.06 bits per heavy atom. The molecule has 84 valence electrons. The van der Waals surface area contributed by atoms with Crippen LogP contribution in [-0.2, 0) is 9.63 Å². The van der Waals surface area contributed by atoms with E-state index in [0.29, 0.717) is 12.0 Å². The third kappa shape index (κ3) is 1.94. The Kier molecular flexibility index (Phi) is 2.96. The van der Waals surface area contributed by atoms with Crippen molar-refractivity contribution in [2.75, 3.05) is 0 Å². The third-order valence-electron chi connectivity index (χ3n) is 2.26. The van der Waals surface area contributed by atoms with Gasteiger partial charge in [0.05, 0.1) is 5.56 Å². The van der Waals surface area contributed by atoms with E-state index in [1.54, 1.807) is 0 Å². The molecule has 1 aliphatic heterocycles. The van der Waals surface area contributed by atoms with Gasteiger partial charge in [-0.25, -0.2) is 8.78 Å². The van der Waals surface area contributed by atoms with E-state index in [2.05, 4.69) is 5.48 Å². The zero-order chi connectivity index (χ0) is 11.5. The maximum absolute atomic E-state index is 13.4. The van der Waals surface area contributed by atoms with Crippen molar-refractivity contribution in [1.29, 1.82) is 0 Å². The lowest BCUT2D eigenvalue weighted by atomic mass is 10.1. The van der Waals surface area contributed by atoms with E-state index in [1.807, 2.05) is 0 Å². The van der Waals surface area contributed by atoms with E-state index in [9.17, 15) is 13.6 Å². The van der Waals surface area contributed by atoms with E-state index >= 15 is 0 Å². The van der Waals surface area contributed by atoms with Crippen LogP contribution in [0.25, 0.3) is 0 Å².